The highest BCUT2D eigenvalue weighted by molar-refractivity contribution is 7.99. The molecule has 1 aromatic heterocycles. The summed E-state index contributed by atoms with van der Waals surface area (Å²) >= 11 is 7.29. The van der Waals surface area contributed by atoms with Gasteiger partial charge in [-0.3, -0.25) is 4.79 Å². The van der Waals surface area contributed by atoms with Crippen molar-refractivity contribution in [3.63, 3.8) is 0 Å². The minimum absolute atomic E-state index is 0.0188. The zero-order valence-corrected chi connectivity index (χ0v) is 17.6. The lowest BCUT2D eigenvalue weighted by molar-refractivity contribution is -0.167. The van der Waals surface area contributed by atoms with Gasteiger partial charge in [0.1, 0.15) is 11.8 Å². The van der Waals surface area contributed by atoms with Crippen molar-refractivity contribution >= 4 is 35.0 Å². The van der Waals surface area contributed by atoms with Gasteiger partial charge in [-0.05, 0) is 25.2 Å². The van der Waals surface area contributed by atoms with Crippen LogP contribution in [0.2, 0.25) is 5.15 Å². The van der Waals surface area contributed by atoms with E-state index in [4.69, 9.17) is 21.4 Å². The van der Waals surface area contributed by atoms with Crippen LogP contribution in [0.25, 0.3) is 0 Å². The number of nitrogens with zero attached hydrogens (tertiary/aromatic N) is 2. The summed E-state index contributed by atoms with van der Waals surface area (Å²) in [6, 6.07) is 0. The molecule has 0 aromatic carbocycles. The van der Waals surface area contributed by atoms with Gasteiger partial charge in [-0.15, -0.1) is 0 Å². The zero-order chi connectivity index (χ0) is 22.5. The Morgan fingerprint density at radius 1 is 1.33 bits per heavy atom. The maximum absolute atomic E-state index is 12.7. The Morgan fingerprint density at radius 2 is 2.03 bits per heavy atom. The van der Waals surface area contributed by atoms with Crippen molar-refractivity contribution < 1.29 is 38.0 Å². The van der Waals surface area contributed by atoms with E-state index in [-0.39, 0.29) is 47.7 Å². The number of amides is 1. The van der Waals surface area contributed by atoms with Crippen molar-refractivity contribution in [1.82, 2.24) is 9.97 Å². The molecule has 4 atom stereocenters. The SMILES string of the molecule is CCCSc1nc(Cl)c(NC(=O)C(F)(F)F)c(C[C@@H]2C[C@H](OCCO)[C@@H](O)[C@H]2O)n1. The molecule has 0 unspecified atom stereocenters. The quantitative estimate of drug-likeness (QED) is 0.243. The Balaban J connectivity index is 2.30. The number of aliphatic hydroxyl groups is 3. The Hall–Kier alpha value is -1.18. The average molecular weight is 474 g/mol. The summed E-state index contributed by atoms with van der Waals surface area (Å²) < 4.78 is 43.5. The summed E-state index contributed by atoms with van der Waals surface area (Å²) in [6.45, 7) is 1.62. The molecule has 0 bridgehead atoms. The number of hydrogen-bond donors (Lipinski definition) is 4. The summed E-state index contributed by atoms with van der Waals surface area (Å²) in [5.41, 5.74) is -0.369. The first-order valence-electron chi connectivity index (χ1n) is 9.24. The number of alkyl halides is 3. The van der Waals surface area contributed by atoms with E-state index in [2.05, 4.69) is 9.97 Å². The summed E-state index contributed by atoms with van der Waals surface area (Å²) in [7, 11) is 0. The van der Waals surface area contributed by atoms with Gasteiger partial charge in [-0.2, -0.15) is 13.2 Å². The number of ether oxygens (including phenoxy) is 1. The van der Waals surface area contributed by atoms with Gasteiger partial charge in [0, 0.05) is 5.75 Å². The Morgan fingerprint density at radius 3 is 2.63 bits per heavy atom. The maximum Gasteiger partial charge on any atom is 0.471 e. The van der Waals surface area contributed by atoms with Crippen molar-refractivity contribution in [2.24, 2.45) is 5.92 Å². The maximum atomic E-state index is 12.7. The number of thioether (sulfide) groups is 1. The molecule has 2 rings (SSSR count). The third kappa shape index (κ3) is 6.41. The van der Waals surface area contributed by atoms with Gasteiger partial charge in [-0.25, -0.2) is 9.97 Å². The van der Waals surface area contributed by atoms with Crippen LogP contribution in [0.3, 0.4) is 0 Å². The molecular formula is C17H23ClF3N3O5S. The summed E-state index contributed by atoms with van der Waals surface area (Å²) in [6.07, 6.45) is -7.47. The summed E-state index contributed by atoms with van der Waals surface area (Å²) in [5.74, 6) is -2.20. The topological polar surface area (TPSA) is 125 Å². The highest BCUT2D eigenvalue weighted by Crippen LogP contribution is 2.35. The van der Waals surface area contributed by atoms with Crippen LogP contribution in [0, 0.1) is 5.92 Å². The number of rotatable bonds is 9. The third-order valence-electron chi connectivity index (χ3n) is 4.48. The minimum atomic E-state index is -5.14. The van der Waals surface area contributed by atoms with Crippen LogP contribution in [0.1, 0.15) is 25.5 Å². The van der Waals surface area contributed by atoms with Gasteiger partial charge in [-0.1, -0.05) is 30.3 Å². The summed E-state index contributed by atoms with van der Waals surface area (Å²) in [4.78, 5) is 19.6. The molecule has 13 heteroatoms. The molecule has 1 amide bonds. The van der Waals surface area contributed by atoms with E-state index in [0.717, 1.165) is 6.42 Å². The lowest BCUT2D eigenvalue weighted by atomic mass is 9.98. The number of halogens is 4. The van der Waals surface area contributed by atoms with Crippen LogP contribution in [0.4, 0.5) is 18.9 Å². The number of carbonyl (C=O) groups excluding carboxylic acids is 1. The van der Waals surface area contributed by atoms with Crippen LogP contribution in [0.15, 0.2) is 5.16 Å². The van der Waals surface area contributed by atoms with Gasteiger partial charge in [0.15, 0.2) is 10.3 Å². The smallest absolute Gasteiger partial charge is 0.394 e. The standard InChI is InChI=1S/C17H23ClF3N3O5S/c1-2-5-30-16-22-9(11(14(18)24-16)23-15(28)17(19,20)21)6-8-7-10(29-4-3-25)13(27)12(8)26/h8,10,12-13,25-27H,2-7H2,1H3,(H,23,28)/t8-,10+,12+,13-/m1/s1. The Kier molecular flexibility index (Phi) is 9.13. The molecular weight excluding hydrogens is 451 g/mol. The first-order chi connectivity index (χ1) is 14.1. The van der Waals surface area contributed by atoms with Gasteiger partial charge in [0.05, 0.1) is 31.1 Å². The molecule has 0 radical (unpaired) electrons. The minimum Gasteiger partial charge on any atom is -0.394 e. The molecule has 1 saturated carbocycles. The molecule has 1 aromatic rings. The molecule has 0 aliphatic heterocycles. The van der Waals surface area contributed by atoms with Crippen molar-refractivity contribution in [1.29, 1.82) is 0 Å². The number of aliphatic hydroxyl groups excluding tert-OH is 3. The third-order valence-corrected chi connectivity index (χ3v) is 5.80. The first kappa shape index (κ1) is 25.1. The van der Waals surface area contributed by atoms with E-state index < -0.39 is 36.3 Å². The predicted octanol–water partition coefficient (Wildman–Crippen LogP) is 1.79. The molecule has 0 saturated heterocycles. The lowest BCUT2D eigenvalue weighted by Gasteiger charge is -2.19. The van der Waals surface area contributed by atoms with Crippen LogP contribution in [-0.4, -0.2) is 74.6 Å². The zero-order valence-electron chi connectivity index (χ0n) is 16.0. The predicted molar refractivity (Wildman–Crippen MR) is 103 cm³/mol. The molecule has 8 nitrogen and oxygen atoms in total. The van der Waals surface area contributed by atoms with Gasteiger partial charge >= 0.3 is 12.1 Å². The van der Waals surface area contributed by atoms with Crippen molar-refractivity contribution in [3.05, 3.63) is 10.8 Å². The van der Waals surface area contributed by atoms with E-state index in [9.17, 15) is 28.2 Å². The molecule has 4 N–H and O–H groups in total. The van der Waals surface area contributed by atoms with E-state index in [1.54, 1.807) is 5.32 Å². The number of carbonyl (C=O) groups is 1. The summed E-state index contributed by atoms with van der Waals surface area (Å²) in [5, 5.41) is 30.9. The van der Waals surface area contributed by atoms with E-state index in [0.29, 0.717) is 5.75 Å². The molecule has 0 spiro atoms. The fraction of sp³-hybridized carbons (Fsp3) is 0.706. The Bertz CT molecular complexity index is 743. The van der Waals surface area contributed by atoms with Crippen LogP contribution in [-0.2, 0) is 16.0 Å². The van der Waals surface area contributed by atoms with E-state index in [1.807, 2.05) is 6.92 Å². The van der Waals surface area contributed by atoms with E-state index >= 15 is 0 Å². The molecule has 1 fully saturated rings. The first-order valence-corrected chi connectivity index (χ1v) is 10.6. The number of nitrogens with one attached hydrogen (secondary N) is 1. The monoisotopic (exact) mass is 473 g/mol. The van der Waals surface area contributed by atoms with Gasteiger partial charge < -0.3 is 25.4 Å². The molecule has 1 aliphatic rings. The molecule has 1 heterocycles. The lowest BCUT2D eigenvalue weighted by Crippen LogP contribution is -2.33. The number of anilines is 1. The second kappa shape index (κ2) is 10.9. The highest BCUT2D eigenvalue weighted by Gasteiger charge is 2.43. The largest absolute Gasteiger partial charge is 0.471 e. The molecule has 1 aliphatic carbocycles. The van der Waals surface area contributed by atoms with Gasteiger partial charge in [0.25, 0.3) is 0 Å². The van der Waals surface area contributed by atoms with Crippen LogP contribution < -0.4 is 5.32 Å². The normalized spacial score (nSPS) is 24.3. The van der Waals surface area contributed by atoms with Crippen molar-refractivity contribution in [2.45, 2.75) is 55.8 Å². The highest BCUT2D eigenvalue weighted by atomic mass is 35.5. The van der Waals surface area contributed by atoms with Crippen LogP contribution >= 0.6 is 23.4 Å². The average Bonchev–Trinajstić information content (AvgIpc) is 2.94. The fourth-order valence-corrected chi connectivity index (χ4v) is 4.07. The molecule has 30 heavy (non-hydrogen) atoms. The van der Waals surface area contributed by atoms with Crippen molar-refractivity contribution in [2.75, 3.05) is 24.3 Å². The number of hydrogen-bond acceptors (Lipinski definition) is 8. The Labute approximate surface area is 180 Å². The van der Waals surface area contributed by atoms with Crippen LogP contribution in [0.5, 0.6) is 0 Å². The number of aromatic nitrogens is 2. The molecule has 170 valence electrons. The fourth-order valence-electron chi connectivity index (χ4n) is 3.07. The van der Waals surface area contributed by atoms with E-state index in [1.165, 1.54) is 11.8 Å². The second-order valence-electron chi connectivity index (χ2n) is 6.73. The van der Waals surface area contributed by atoms with Crippen molar-refractivity contribution in [3.8, 4) is 0 Å². The second-order valence-corrected chi connectivity index (χ2v) is 8.15. The van der Waals surface area contributed by atoms with Gasteiger partial charge in [0.2, 0.25) is 0 Å².